The van der Waals surface area contributed by atoms with Crippen LogP contribution in [-0.2, 0) is 15.9 Å². The lowest BCUT2D eigenvalue weighted by molar-refractivity contribution is 0.0888. The third-order valence-electron chi connectivity index (χ3n) is 3.99. The SMILES string of the molecule is CN=C(NCCCOCC1CCOC1)NCCc1cc(F)cc(F)c1.I. The van der Waals surface area contributed by atoms with Crippen molar-refractivity contribution in [2.75, 3.05) is 46.6 Å². The van der Waals surface area contributed by atoms with Gasteiger partial charge in [-0.15, -0.1) is 24.0 Å². The Hall–Kier alpha value is -1.00. The highest BCUT2D eigenvalue weighted by molar-refractivity contribution is 14.0. The van der Waals surface area contributed by atoms with Crippen LogP contribution in [0.4, 0.5) is 8.78 Å². The Bertz CT molecular complexity index is 535. The fraction of sp³-hybridized carbons (Fsp3) is 0.611. The predicted octanol–water partition coefficient (Wildman–Crippen LogP) is 2.73. The van der Waals surface area contributed by atoms with E-state index in [1.807, 2.05) is 0 Å². The van der Waals surface area contributed by atoms with Crippen molar-refractivity contribution < 1.29 is 18.3 Å². The van der Waals surface area contributed by atoms with E-state index in [2.05, 4.69) is 15.6 Å². The highest BCUT2D eigenvalue weighted by atomic mass is 127. The molecule has 5 nitrogen and oxygen atoms in total. The number of nitrogens with zero attached hydrogens (tertiary/aromatic N) is 1. The summed E-state index contributed by atoms with van der Waals surface area (Å²) in [4.78, 5) is 4.12. The zero-order chi connectivity index (χ0) is 17.9. The number of nitrogens with one attached hydrogen (secondary N) is 2. The summed E-state index contributed by atoms with van der Waals surface area (Å²) < 4.78 is 37.2. The minimum absolute atomic E-state index is 0. The quantitative estimate of drug-likeness (QED) is 0.246. The van der Waals surface area contributed by atoms with Crippen molar-refractivity contribution in [3.05, 3.63) is 35.4 Å². The van der Waals surface area contributed by atoms with Gasteiger partial charge in [0.2, 0.25) is 0 Å². The van der Waals surface area contributed by atoms with Gasteiger partial charge >= 0.3 is 0 Å². The second-order valence-electron chi connectivity index (χ2n) is 6.11. The maximum atomic E-state index is 13.1. The molecule has 2 N–H and O–H groups in total. The van der Waals surface area contributed by atoms with Gasteiger partial charge < -0.3 is 20.1 Å². The summed E-state index contributed by atoms with van der Waals surface area (Å²) in [5.74, 6) is 0.0967. The van der Waals surface area contributed by atoms with Crippen molar-refractivity contribution in [3.8, 4) is 0 Å². The van der Waals surface area contributed by atoms with E-state index in [4.69, 9.17) is 9.47 Å². The lowest BCUT2D eigenvalue weighted by Crippen LogP contribution is -2.39. The Labute approximate surface area is 171 Å². The molecular formula is C18H28F2IN3O2. The number of halogens is 3. The summed E-state index contributed by atoms with van der Waals surface area (Å²) in [6, 6.07) is 3.56. The molecule has 0 bridgehead atoms. The Balaban J connectivity index is 0.00000338. The van der Waals surface area contributed by atoms with Crippen molar-refractivity contribution >= 4 is 29.9 Å². The number of hydrogen-bond acceptors (Lipinski definition) is 3. The molecule has 1 heterocycles. The zero-order valence-corrected chi connectivity index (χ0v) is 17.4. The Morgan fingerprint density at radius 1 is 1.23 bits per heavy atom. The summed E-state index contributed by atoms with van der Waals surface area (Å²) in [6.07, 6.45) is 2.48. The molecule has 148 valence electrons. The largest absolute Gasteiger partial charge is 0.381 e. The van der Waals surface area contributed by atoms with Crippen LogP contribution in [0.15, 0.2) is 23.2 Å². The van der Waals surface area contributed by atoms with Crippen molar-refractivity contribution in [1.29, 1.82) is 0 Å². The van der Waals surface area contributed by atoms with Crippen LogP contribution in [0.25, 0.3) is 0 Å². The average Bonchev–Trinajstić information content (AvgIpc) is 3.08. The van der Waals surface area contributed by atoms with Gasteiger partial charge in [0.25, 0.3) is 0 Å². The van der Waals surface area contributed by atoms with E-state index in [1.54, 1.807) is 7.05 Å². The first-order chi connectivity index (χ1) is 12.2. The molecule has 0 spiro atoms. The lowest BCUT2D eigenvalue weighted by Gasteiger charge is -2.13. The van der Waals surface area contributed by atoms with E-state index in [0.717, 1.165) is 45.3 Å². The van der Waals surface area contributed by atoms with Crippen LogP contribution >= 0.6 is 24.0 Å². The van der Waals surface area contributed by atoms with Crippen LogP contribution < -0.4 is 10.6 Å². The molecule has 2 rings (SSSR count). The standard InChI is InChI=1S/C18H27F2N3O2.HI/c1-21-18(22-5-2-7-24-12-15-4-8-25-13-15)23-6-3-14-9-16(19)11-17(20)10-14;/h9-11,15H,2-8,12-13H2,1H3,(H2,21,22,23);1H. The predicted molar refractivity (Wildman–Crippen MR) is 109 cm³/mol. The molecule has 1 aromatic carbocycles. The number of guanidine groups is 1. The van der Waals surface area contributed by atoms with Gasteiger partial charge in [0, 0.05) is 45.3 Å². The maximum Gasteiger partial charge on any atom is 0.190 e. The Kier molecular flexibility index (Phi) is 11.7. The molecule has 1 aliphatic heterocycles. The van der Waals surface area contributed by atoms with Crippen LogP contribution in [0.5, 0.6) is 0 Å². The number of benzene rings is 1. The summed E-state index contributed by atoms with van der Waals surface area (Å²) in [7, 11) is 1.69. The summed E-state index contributed by atoms with van der Waals surface area (Å²) in [5.41, 5.74) is 0.616. The van der Waals surface area contributed by atoms with Crippen molar-refractivity contribution in [2.45, 2.75) is 19.3 Å². The fourth-order valence-electron chi connectivity index (χ4n) is 2.65. The van der Waals surface area contributed by atoms with Crippen LogP contribution in [0.3, 0.4) is 0 Å². The smallest absolute Gasteiger partial charge is 0.190 e. The second-order valence-corrected chi connectivity index (χ2v) is 6.11. The maximum absolute atomic E-state index is 13.1. The minimum Gasteiger partial charge on any atom is -0.381 e. The number of aliphatic imine (C=N–C) groups is 1. The first-order valence-electron chi connectivity index (χ1n) is 8.72. The Morgan fingerprint density at radius 2 is 1.96 bits per heavy atom. The zero-order valence-electron chi connectivity index (χ0n) is 15.1. The molecule has 8 heteroatoms. The van der Waals surface area contributed by atoms with Gasteiger partial charge in [-0.3, -0.25) is 4.99 Å². The van der Waals surface area contributed by atoms with Gasteiger partial charge in [-0.25, -0.2) is 8.78 Å². The molecule has 0 saturated carbocycles. The van der Waals surface area contributed by atoms with Gasteiger partial charge in [0.1, 0.15) is 11.6 Å². The van der Waals surface area contributed by atoms with Crippen molar-refractivity contribution in [1.82, 2.24) is 10.6 Å². The molecule has 1 fully saturated rings. The molecule has 1 atom stereocenters. The molecule has 1 saturated heterocycles. The first-order valence-corrected chi connectivity index (χ1v) is 8.72. The number of rotatable bonds is 9. The molecule has 1 aliphatic rings. The molecular weight excluding hydrogens is 455 g/mol. The van der Waals surface area contributed by atoms with E-state index in [-0.39, 0.29) is 24.0 Å². The van der Waals surface area contributed by atoms with E-state index in [9.17, 15) is 8.78 Å². The summed E-state index contributed by atoms with van der Waals surface area (Å²) >= 11 is 0. The topological polar surface area (TPSA) is 54.9 Å². The monoisotopic (exact) mass is 483 g/mol. The van der Waals surface area contributed by atoms with Crippen LogP contribution in [-0.4, -0.2) is 52.5 Å². The van der Waals surface area contributed by atoms with Gasteiger partial charge in [-0.05, 0) is 37.0 Å². The molecule has 1 aromatic rings. The third kappa shape index (κ3) is 9.09. The van der Waals surface area contributed by atoms with Crippen molar-refractivity contribution in [2.24, 2.45) is 10.9 Å². The molecule has 0 amide bonds. The van der Waals surface area contributed by atoms with Crippen LogP contribution in [0.1, 0.15) is 18.4 Å². The fourth-order valence-corrected chi connectivity index (χ4v) is 2.65. The van der Waals surface area contributed by atoms with Crippen molar-refractivity contribution in [3.63, 3.8) is 0 Å². The molecule has 26 heavy (non-hydrogen) atoms. The van der Waals surface area contributed by atoms with E-state index in [0.29, 0.717) is 37.0 Å². The number of hydrogen-bond donors (Lipinski definition) is 2. The highest BCUT2D eigenvalue weighted by Crippen LogP contribution is 2.12. The Morgan fingerprint density at radius 3 is 2.62 bits per heavy atom. The van der Waals surface area contributed by atoms with Crippen LogP contribution in [0.2, 0.25) is 0 Å². The van der Waals surface area contributed by atoms with Gasteiger partial charge in [0.05, 0.1) is 13.2 Å². The van der Waals surface area contributed by atoms with E-state index < -0.39 is 11.6 Å². The van der Waals surface area contributed by atoms with Gasteiger partial charge in [-0.1, -0.05) is 0 Å². The molecule has 0 radical (unpaired) electrons. The third-order valence-corrected chi connectivity index (χ3v) is 3.99. The summed E-state index contributed by atoms with van der Waals surface area (Å²) in [5, 5.41) is 6.32. The summed E-state index contributed by atoms with van der Waals surface area (Å²) in [6.45, 7) is 4.40. The normalized spacial score (nSPS) is 17.0. The minimum atomic E-state index is -0.554. The molecule has 1 unspecified atom stereocenters. The number of ether oxygens (including phenoxy) is 2. The van der Waals surface area contributed by atoms with E-state index in [1.165, 1.54) is 12.1 Å². The second kappa shape index (κ2) is 13.2. The molecule has 0 aliphatic carbocycles. The first kappa shape index (κ1) is 23.0. The molecule has 0 aromatic heterocycles. The lowest BCUT2D eigenvalue weighted by atomic mass is 10.1. The van der Waals surface area contributed by atoms with E-state index >= 15 is 0 Å². The van der Waals surface area contributed by atoms with Gasteiger partial charge in [0.15, 0.2) is 5.96 Å². The van der Waals surface area contributed by atoms with Crippen LogP contribution in [0, 0.1) is 17.6 Å². The van der Waals surface area contributed by atoms with Gasteiger partial charge in [-0.2, -0.15) is 0 Å². The average molecular weight is 483 g/mol. The highest BCUT2D eigenvalue weighted by Gasteiger charge is 2.15.